The highest BCUT2D eigenvalue weighted by Gasteiger charge is 2.31. The number of nitrogens with one attached hydrogen (secondary N) is 1. The van der Waals surface area contributed by atoms with E-state index in [4.69, 9.17) is 9.47 Å². The second kappa shape index (κ2) is 10.3. The van der Waals surface area contributed by atoms with Crippen LogP contribution in [-0.4, -0.2) is 24.7 Å². The monoisotopic (exact) mass is 458 g/mol. The van der Waals surface area contributed by atoms with E-state index in [-0.39, 0.29) is 11.5 Å². The SMILES string of the molecule is C=C(/C=C1\NC(C(C)(C)C)Cc2cc(-c3ccc(C)nc3)c(OC)cc21)/C(=C\C)C(=C)OCC. The third kappa shape index (κ3) is 5.44. The Hall–Kier alpha value is -3.27. The van der Waals surface area contributed by atoms with Crippen LogP contribution in [0.5, 0.6) is 5.75 Å². The average Bonchev–Trinajstić information content (AvgIpc) is 2.78. The Kier molecular flexibility index (Phi) is 7.71. The summed E-state index contributed by atoms with van der Waals surface area (Å²) in [6.45, 7) is 21.7. The molecule has 0 amide bonds. The van der Waals surface area contributed by atoms with E-state index in [1.807, 2.05) is 39.1 Å². The molecule has 1 aliphatic heterocycles. The maximum atomic E-state index is 5.83. The number of hydrogen-bond donors (Lipinski definition) is 1. The minimum Gasteiger partial charge on any atom is -0.496 e. The van der Waals surface area contributed by atoms with E-state index in [1.165, 1.54) is 5.56 Å². The Morgan fingerprint density at radius 1 is 1.21 bits per heavy atom. The van der Waals surface area contributed by atoms with Gasteiger partial charge in [-0.05, 0) is 68.0 Å². The minimum absolute atomic E-state index is 0.0714. The molecule has 1 unspecified atom stereocenters. The number of aromatic nitrogens is 1. The zero-order chi connectivity index (χ0) is 25.0. The average molecular weight is 459 g/mol. The first kappa shape index (κ1) is 25.4. The van der Waals surface area contributed by atoms with Crippen LogP contribution in [0, 0.1) is 12.3 Å². The van der Waals surface area contributed by atoms with Crippen molar-refractivity contribution in [2.75, 3.05) is 13.7 Å². The smallest absolute Gasteiger partial charge is 0.127 e. The summed E-state index contributed by atoms with van der Waals surface area (Å²) in [5, 5.41) is 3.78. The summed E-state index contributed by atoms with van der Waals surface area (Å²) < 4.78 is 11.5. The fraction of sp³-hybridized carbons (Fsp3) is 0.367. The summed E-state index contributed by atoms with van der Waals surface area (Å²) >= 11 is 0. The molecule has 0 bridgehead atoms. The van der Waals surface area contributed by atoms with Gasteiger partial charge in [-0.1, -0.05) is 46.1 Å². The largest absolute Gasteiger partial charge is 0.496 e. The first-order valence-electron chi connectivity index (χ1n) is 11.9. The maximum absolute atomic E-state index is 5.83. The Balaban J connectivity index is 2.14. The van der Waals surface area contributed by atoms with Gasteiger partial charge in [-0.3, -0.25) is 4.98 Å². The highest BCUT2D eigenvalue weighted by Crippen LogP contribution is 2.40. The molecule has 3 rings (SSSR count). The van der Waals surface area contributed by atoms with E-state index in [0.29, 0.717) is 12.4 Å². The van der Waals surface area contributed by atoms with Crippen LogP contribution in [0.2, 0.25) is 0 Å². The lowest BCUT2D eigenvalue weighted by molar-refractivity contribution is 0.240. The van der Waals surface area contributed by atoms with E-state index >= 15 is 0 Å². The number of pyridine rings is 1. The summed E-state index contributed by atoms with van der Waals surface area (Å²) in [5.74, 6) is 1.46. The lowest BCUT2D eigenvalue weighted by Gasteiger charge is -2.38. The van der Waals surface area contributed by atoms with Crippen LogP contribution in [-0.2, 0) is 11.2 Å². The standard InChI is InChI=1S/C30H38N2O2/c1-10-24(21(5)34-11-2)19(3)14-27-25-17-28(33-9)26(22-13-12-20(4)31-18-22)15-23(25)16-29(32-27)30(6,7)8/h10,12-15,17-18,29,32H,3,5,11,16H2,1-2,4,6-9H3/b24-10+,27-14-. The molecule has 0 aliphatic carbocycles. The highest BCUT2D eigenvalue weighted by atomic mass is 16.5. The number of methoxy groups -OCH3 is 1. The van der Waals surface area contributed by atoms with Crippen molar-refractivity contribution in [2.24, 2.45) is 5.41 Å². The number of allylic oxidation sites excluding steroid dienone is 3. The summed E-state index contributed by atoms with van der Waals surface area (Å²) in [6.07, 6.45) is 6.93. The van der Waals surface area contributed by atoms with Gasteiger partial charge in [-0.25, -0.2) is 0 Å². The maximum Gasteiger partial charge on any atom is 0.127 e. The van der Waals surface area contributed by atoms with E-state index in [9.17, 15) is 0 Å². The van der Waals surface area contributed by atoms with Crippen molar-refractivity contribution in [1.29, 1.82) is 0 Å². The van der Waals surface area contributed by atoms with Gasteiger partial charge in [0.2, 0.25) is 0 Å². The summed E-state index contributed by atoms with van der Waals surface area (Å²) in [4.78, 5) is 4.49. The molecule has 1 aromatic heterocycles. The highest BCUT2D eigenvalue weighted by molar-refractivity contribution is 5.80. The summed E-state index contributed by atoms with van der Waals surface area (Å²) in [6, 6.07) is 8.78. The van der Waals surface area contributed by atoms with Crippen LogP contribution in [0.1, 0.15) is 51.4 Å². The molecular formula is C30H38N2O2. The Bertz CT molecular complexity index is 1130. The van der Waals surface area contributed by atoms with Gasteiger partial charge < -0.3 is 14.8 Å². The number of fused-ring (bicyclic) bond motifs is 1. The molecule has 0 saturated heterocycles. The zero-order valence-electron chi connectivity index (χ0n) is 21.7. The predicted molar refractivity (Wildman–Crippen MR) is 143 cm³/mol. The molecule has 180 valence electrons. The van der Waals surface area contributed by atoms with Crippen LogP contribution < -0.4 is 10.1 Å². The molecular weight excluding hydrogens is 420 g/mol. The fourth-order valence-electron chi connectivity index (χ4n) is 4.27. The Labute approximate surface area is 205 Å². The minimum atomic E-state index is 0.0714. The molecule has 0 radical (unpaired) electrons. The molecule has 1 aliphatic rings. The van der Waals surface area contributed by atoms with Crippen molar-refractivity contribution >= 4 is 5.70 Å². The van der Waals surface area contributed by atoms with Gasteiger partial charge in [-0.15, -0.1) is 0 Å². The van der Waals surface area contributed by atoms with Crippen LogP contribution in [0.3, 0.4) is 0 Å². The molecule has 0 saturated carbocycles. The molecule has 1 aromatic carbocycles. The third-order valence-electron chi connectivity index (χ3n) is 6.31. The van der Waals surface area contributed by atoms with Crippen LogP contribution in [0.4, 0.5) is 0 Å². The van der Waals surface area contributed by atoms with Crippen molar-refractivity contribution in [3.8, 4) is 16.9 Å². The molecule has 2 aromatic rings. The number of hydrogen-bond acceptors (Lipinski definition) is 4. The van der Waals surface area contributed by atoms with E-state index in [2.05, 4.69) is 68.5 Å². The second-order valence-electron chi connectivity index (χ2n) is 9.81. The van der Waals surface area contributed by atoms with Gasteiger partial charge in [0.25, 0.3) is 0 Å². The first-order valence-corrected chi connectivity index (χ1v) is 11.9. The molecule has 34 heavy (non-hydrogen) atoms. The van der Waals surface area contributed by atoms with E-state index < -0.39 is 0 Å². The van der Waals surface area contributed by atoms with Crippen molar-refractivity contribution in [1.82, 2.24) is 10.3 Å². The number of ether oxygens (including phenoxy) is 2. The Morgan fingerprint density at radius 2 is 1.94 bits per heavy atom. The fourth-order valence-corrected chi connectivity index (χ4v) is 4.27. The molecule has 1 atom stereocenters. The normalized spacial score (nSPS) is 17.1. The van der Waals surface area contributed by atoms with Gasteiger partial charge in [-0.2, -0.15) is 0 Å². The molecule has 0 spiro atoms. The van der Waals surface area contributed by atoms with Gasteiger partial charge in [0.15, 0.2) is 0 Å². The summed E-state index contributed by atoms with van der Waals surface area (Å²) in [5.41, 5.74) is 8.37. The third-order valence-corrected chi connectivity index (χ3v) is 6.31. The first-order chi connectivity index (χ1) is 16.1. The topological polar surface area (TPSA) is 43.4 Å². The van der Waals surface area contributed by atoms with E-state index in [0.717, 1.165) is 51.4 Å². The molecule has 4 nitrogen and oxygen atoms in total. The number of rotatable bonds is 7. The van der Waals surface area contributed by atoms with Crippen molar-refractivity contribution in [2.45, 2.75) is 54.0 Å². The lowest BCUT2D eigenvalue weighted by Crippen LogP contribution is -2.44. The van der Waals surface area contributed by atoms with Gasteiger partial charge in [0.1, 0.15) is 11.5 Å². The predicted octanol–water partition coefficient (Wildman–Crippen LogP) is 7.02. The Morgan fingerprint density at radius 3 is 2.50 bits per heavy atom. The van der Waals surface area contributed by atoms with E-state index in [1.54, 1.807) is 7.11 Å². The van der Waals surface area contributed by atoms with Gasteiger partial charge >= 0.3 is 0 Å². The zero-order valence-corrected chi connectivity index (χ0v) is 21.7. The number of aryl methyl sites for hydroxylation is 1. The van der Waals surface area contributed by atoms with Crippen LogP contribution >= 0.6 is 0 Å². The molecule has 0 fully saturated rings. The van der Waals surface area contributed by atoms with Crippen LogP contribution in [0.25, 0.3) is 16.8 Å². The molecule has 1 N–H and O–H groups in total. The van der Waals surface area contributed by atoms with Gasteiger partial charge in [0.05, 0.1) is 13.7 Å². The van der Waals surface area contributed by atoms with Crippen molar-refractivity contribution < 1.29 is 9.47 Å². The van der Waals surface area contributed by atoms with Gasteiger partial charge in [0, 0.05) is 45.9 Å². The molecule has 2 heterocycles. The number of nitrogens with zero attached hydrogens (tertiary/aromatic N) is 1. The quantitative estimate of drug-likeness (QED) is 0.358. The number of benzene rings is 1. The second-order valence-corrected chi connectivity index (χ2v) is 9.81. The van der Waals surface area contributed by atoms with Crippen LogP contribution in [0.15, 0.2) is 72.7 Å². The molecule has 4 heteroatoms. The van der Waals surface area contributed by atoms with Crippen molar-refractivity contribution in [3.63, 3.8) is 0 Å². The van der Waals surface area contributed by atoms with Crippen molar-refractivity contribution in [3.05, 3.63) is 89.5 Å². The lowest BCUT2D eigenvalue weighted by atomic mass is 9.78. The summed E-state index contributed by atoms with van der Waals surface area (Å²) in [7, 11) is 1.72.